The zero-order valence-corrected chi connectivity index (χ0v) is 12.4. The van der Waals surface area contributed by atoms with Gasteiger partial charge in [0, 0.05) is 16.3 Å². The Bertz CT molecular complexity index is 521. The van der Waals surface area contributed by atoms with Crippen LogP contribution in [0.15, 0.2) is 23.1 Å². The van der Waals surface area contributed by atoms with Crippen LogP contribution in [0.2, 0.25) is 0 Å². The third kappa shape index (κ3) is 3.88. The molecule has 0 saturated carbocycles. The second-order valence-corrected chi connectivity index (χ2v) is 8.96. The first-order valence-electron chi connectivity index (χ1n) is 5.53. The number of thioether (sulfide) groups is 1. The first-order valence-corrected chi connectivity index (χ1v) is 8.17. The molecule has 2 N–H and O–H groups in total. The molecule has 0 unspecified atom stereocenters. The summed E-state index contributed by atoms with van der Waals surface area (Å²) in [7, 11) is -3.15. The smallest absolute Gasteiger partial charge is 0.156 e. The van der Waals surface area contributed by atoms with Crippen molar-refractivity contribution in [3.05, 3.63) is 24.0 Å². The van der Waals surface area contributed by atoms with Crippen LogP contribution in [0.5, 0.6) is 0 Å². The van der Waals surface area contributed by atoms with E-state index in [4.69, 9.17) is 5.73 Å². The van der Waals surface area contributed by atoms with Gasteiger partial charge in [-0.15, -0.1) is 11.8 Å². The number of nitrogen functional groups attached to an aromatic ring is 1. The van der Waals surface area contributed by atoms with Crippen molar-refractivity contribution in [1.82, 2.24) is 0 Å². The molecule has 102 valence electrons. The number of hydrogen-bond acceptors (Lipinski definition) is 4. The molecular formula is C12H18FNO2S2. The Morgan fingerprint density at radius 2 is 1.94 bits per heavy atom. The quantitative estimate of drug-likeness (QED) is 0.684. The van der Waals surface area contributed by atoms with Gasteiger partial charge in [0.1, 0.15) is 5.82 Å². The highest BCUT2D eigenvalue weighted by Crippen LogP contribution is 2.27. The fourth-order valence-corrected chi connectivity index (χ4v) is 3.67. The van der Waals surface area contributed by atoms with Gasteiger partial charge in [0.25, 0.3) is 0 Å². The molecule has 0 aliphatic rings. The lowest BCUT2D eigenvalue weighted by atomic mass is 10.3. The van der Waals surface area contributed by atoms with E-state index >= 15 is 0 Å². The van der Waals surface area contributed by atoms with Crippen molar-refractivity contribution in [2.45, 2.75) is 30.4 Å². The molecule has 6 heteroatoms. The average Bonchev–Trinajstić information content (AvgIpc) is 2.21. The number of nitrogens with two attached hydrogens (primary N) is 1. The van der Waals surface area contributed by atoms with E-state index < -0.39 is 14.6 Å². The lowest BCUT2D eigenvalue weighted by molar-refractivity contribution is 0.562. The van der Waals surface area contributed by atoms with E-state index in [-0.39, 0.29) is 11.6 Å². The van der Waals surface area contributed by atoms with Crippen molar-refractivity contribution in [1.29, 1.82) is 0 Å². The zero-order chi connectivity index (χ0) is 14.0. The van der Waals surface area contributed by atoms with Gasteiger partial charge in [-0.1, -0.05) is 0 Å². The van der Waals surface area contributed by atoms with Crippen molar-refractivity contribution >= 4 is 27.3 Å². The summed E-state index contributed by atoms with van der Waals surface area (Å²) in [5.74, 6) is 0.0510. The Hall–Kier alpha value is -0.750. The van der Waals surface area contributed by atoms with Crippen molar-refractivity contribution < 1.29 is 12.8 Å². The Morgan fingerprint density at radius 3 is 2.50 bits per heavy atom. The topological polar surface area (TPSA) is 60.2 Å². The van der Waals surface area contributed by atoms with Crippen LogP contribution in [0.3, 0.4) is 0 Å². The van der Waals surface area contributed by atoms with Crippen LogP contribution in [0.1, 0.15) is 20.8 Å². The van der Waals surface area contributed by atoms with Gasteiger partial charge >= 0.3 is 0 Å². The third-order valence-corrected chi connectivity index (χ3v) is 6.46. The lowest BCUT2D eigenvalue weighted by Gasteiger charge is -2.18. The van der Waals surface area contributed by atoms with E-state index in [2.05, 4.69) is 0 Å². The summed E-state index contributed by atoms with van der Waals surface area (Å²) in [6.45, 7) is 5.01. The first kappa shape index (κ1) is 15.3. The van der Waals surface area contributed by atoms with Crippen LogP contribution in [0.25, 0.3) is 0 Å². The van der Waals surface area contributed by atoms with Crippen molar-refractivity contribution in [2.75, 3.05) is 17.2 Å². The minimum absolute atomic E-state index is 0.0527. The number of halogens is 1. The third-order valence-electron chi connectivity index (χ3n) is 2.52. The predicted molar refractivity (Wildman–Crippen MR) is 75.1 cm³/mol. The monoisotopic (exact) mass is 291 g/mol. The average molecular weight is 291 g/mol. The van der Waals surface area contributed by atoms with Crippen LogP contribution < -0.4 is 5.73 Å². The number of anilines is 1. The molecule has 1 rings (SSSR count). The number of rotatable bonds is 4. The molecule has 0 bridgehead atoms. The maximum Gasteiger partial charge on any atom is 0.156 e. The number of hydrogen-bond donors (Lipinski definition) is 1. The number of benzene rings is 1. The van der Waals surface area contributed by atoms with E-state index in [1.165, 1.54) is 30.0 Å². The summed E-state index contributed by atoms with van der Waals surface area (Å²) >= 11 is 1.26. The van der Waals surface area contributed by atoms with E-state index in [0.29, 0.717) is 16.3 Å². The predicted octanol–water partition coefficient (Wildman–Crippen LogP) is 2.71. The summed E-state index contributed by atoms with van der Waals surface area (Å²) in [5, 5.41) is 0. The highest BCUT2D eigenvalue weighted by molar-refractivity contribution is 8.01. The van der Waals surface area contributed by atoms with E-state index in [0.717, 1.165) is 0 Å². The maximum absolute atomic E-state index is 13.0. The molecule has 0 aliphatic heterocycles. The van der Waals surface area contributed by atoms with Gasteiger partial charge in [-0.2, -0.15) is 0 Å². The summed E-state index contributed by atoms with van der Waals surface area (Å²) in [4.78, 5) is 0.583. The van der Waals surface area contributed by atoms with Crippen LogP contribution in [-0.4, -0.2) is 24.7 Å². The van der Waals surface area contributed by atoms with Crippen molar-refractivity contribution in [2.24, 2.45) is 0 Å². The molecule has 3 nitrogen and oxygen atoms in total. The van der Waals surface area contributed by atoms with Crippen molar-refractivity contribution in [3.63, 3.8) is 0 Å². The Labute approximate surface area is 112 Å². The zero-order valence-electron chi connectivity index (χ0n) is 10.7. The second kappa shape index (κ2) is 5.48. The summed E-state index contributed by atoms with van der Waals surface area (Å²) < 4.78 is 36.0. The minimum Gasteiger partial charge on any atom is -0.398 e. The van der Waals surface area contributed by atoms with Crippen LogP contribution >= 0.6 is 11.8 Å². The highest BCUT2D eigenvalue weighted by Gasteiger charge is 2.28. The Balaban J connectivity index is 2.65. The van der Waals surface area contributed by atoms with Gasteiger partial charge in [0.05, 0.1) is 10.5 Å². The summed E-state index contributed by atoms with van der Waals surface area (Å²) in [6, 6.07) is 4.09. The highest BCUT2D eigenvalue weighted by atomic mass is 32.2. The molecule has 0 amide bonds. The molecule has 1 aromatic rings. The molecule has 0 fully saturated rings. The second-order valence-electron chi connectivity index (χ2n) is 4.96. The fourth-order valence-electron chi connectivity index (χ4n) is 1.20. The fraction of sp³-hybridized carbons (Fsp3) is 0.500. The van der Waals surface area contributed by atoms with Gasteiger partial charge in [-0.25, -0.2) is 12.8 Å². The van der Waals surface area contributed by atoms with Gasteiger partial charge in [0.15, 0.2) is 9.84 Å². The SMILES string of the molecule is CC(C)(C)S(=O)(=O)CCSc1cc(F)ccc1N. The molecule has 0 aliphatic carbocycles. The molecule has 1 aromatic carbocycles. The van der Waals surface area contributed by atoms with Crippen molar-refractivity contribution in [3.8, 4) is 0 Å². The Kier molecular flexibility index (Phi) is 4.66. The van der Waals surface area contributed by atoms with Crippen LogP contribution in [0.4, 0.5) is 10.1 Å². The molecular weight excluding hydrogens is 273 g/mol. The standard InChI is InChI=1S/C12H18FNO2S2/c1-12(2,3)18(15,16)7-6-17-11-8-9(13)4-5-10(11)14/h4-5,8H,6-7,14H2,1-3H3. The van der Waals surface area contributed by atoms with Gasteiger partial charge in [-0.05, 0) is 39.0 Å². The largest absolute Gasteiger partial charge is 0.398 e. The molecule has 0 aromatic heterocycles. The normalized spacial score (nSPS) is 12.7. The number of sulfone groups is 1. The van der Waals surface area contributed by atoms with E-state index in [1.807, 2.05) is 0 Å². The lowest BCUT2D eigenvalue weighted by Crippen LogP contribution is -2.31. The van der Waals surface area contributed by atoms with E-state index in [1.54, 1.807) is 20.8 Å². The first-order chi connectivity index (χ1) is 8.13. The van der Waals surface area contributed by atoms with Crippen LogP contribution in [0, 0.1) is 5.82 Å². The Morgan fingerprint density at radius 1 is 1.33 bits per heavy atom. The van der Waals surface area contributed by atoms with E-state index in [9.17, 15) is 12.8 Å². The van der Waals surface area contributed by atoms with Gasteiger partial charge in [-0.3, -0.25) is 0 Å². The molecule has 0 atom stereocenters. The molecule has 0 spiro atoms. The summed E-state index contributed by atoms with van der Waals surface area (Å²) in [5.41, 5.74) is 6.16. The minimum atomic E-state index is -3.15. The molecule has 0 radical (unpaired) electrons. The molecule has 18 heavy (non-hydrogen) atoms. The molecule has 0 saturated heterocycles. The van der Waals surface area contributed by atoms with Gasteiger partial charge in [0.2, 0.25) is 0 Å². The maximum atomic E-state index is 13.0. The molecule has 0 heterocycles. The van der Waals surface area contributed by atoms with Gasteiger partial charge < -0.3 is 5.73 Å². The van der Waals surface area contributed by atoms with Crippen LogP contribution in [-0.2, 0) is 9.84 Å². The summed E-state index contributed by atoms with van der Waals surface area (Å²) in [6.07, 6.45) is 0.